The molecule has 1 aromatic rings. The highest BCUT2D eigenvalue weighted by Crippen LogP contribution is 2.23. The number of sulfonamides is 1. The maximum atomic E-state index is 12.6. The number of hydrogen-bond donors (Lipinski definition) is 1. The molecule has 1 heterocycles. The maximum Gasteiger partial charge on any atom is 0.251 e. The van der Waals surface area contributed by atoms with E-state index in [1.54, 1.807) is 13.0 Å². The quantitative estimate of drug-likeness (QED) is 0.611. The summed E-state index contributed by atoms with van der Waals surface area (Å²) >= 11 is 0. The van der Waals surface area contributed by atoms with Gasteiger partial charge < -0.3 is 15.1 Å². The molecule has 1 amide bonds. The topological polar surface area (TPSA) is 73.0 Å². The molecule has 1 saturated heterocycles. The number of carbonyl (C=O) groups excluding carboxylic acids is 1. The largest absolute Gasteiger partial charge is 0.352 e. The third-order valence-corrected chi connectivity index (χ3v) is 7.68. The summed E-state index contributed by atoms with van der Waals surface area (Å²) in [7, 11) is -0.591. The Kier molecular flexibility index (Phi) is 8.63. The van der Waals surface area contributed by atoms with Crippen molar-refractivity contribution in [3.63, 3.8) is 0 Å². The lowest BCUT2D eigenvalue weighted by atomic mass is 10.1. The Morgan fingerprint density at radius 1 is 1.07 bits per heavy atom. The summed E-state index contributed by atoms with van der Waals surface area (Å²) in [4.78, 5) is 17.7. The van der Waals surface area contributed by atoms with Gasteiger partial charge in [-0.2, -0.15) is 0 Å². The summed E-state index contributed by atoms with van der Waals surface area (Å²) in [6.45, 7) is 13.1. The highest BCUT2D eigenvalue weighted by Gasteiger charge is 2.23. The molecule has 1 N–H and O–H groups in total. The molecule has 0 unspecified atom stereocenters. The molecule has 0 aromatic heterocycles. The van der Waals surface area contributed by atoms with E-state index in [4.69, 9.17) is 0 Å². The highest BCUT2D eigenvalue weighted by molar-refractivity contribution is 7.89. The summed E-state index contributed by atoms with van der Waals surface area (Å²) in [5.74, 6) is -0.222. The van der Waals surface area contributed by atoms with Crippen molar-refractivity contribution in [1.82, 2.24) is 19.4 Å². The van der Waals surface area contributed by atoms with Gasteiger partial charge in [-0.05, 0) is 63.0 Å². The summed E-state index contributed by atoms with van der Waals surface area (Å²) in [5.41, 5.74) is 1.87. The van der Waals surface area contributed by atoms with E-state index in [0.717, 1.165) is 57.7 Å². The summed E-state index contributed by atoms with van der Waals surface area (Å²) in [6.07, 6.45) is 1.95. The minimum Gasteiger partial charge on any atom is -0.352 e. The average Bonchev–Trinajstić information content (AvgIpc) is 2.69. The van der Waals surface area contributed by atoms with Gasteiger partial charge in [-0.25, -0.2) is 12.7 Å². The van der Waals surface area contributed by atoms with Crippen LogP contribution in [0.5, 0.6) is 0 Å². The molecule has 7 nitrogen and oxygen atoms in total. The Labute approximate surface area is 176 Å². The molecule has 1 fully saturated rings. The zero-order valence-electron chi connectivity index (χ0n) is 18.5. The van der Waals surface area contributed by atoms with Gasteiger partial charge in [-0.1, -0.05) is 6.92 Å². The third-order valence-electron chi connectivity index (χ3n) is 5.74. The molecule has 1 aromatic carbocycles. The third kappa shape index (κ3) is 6.25. The Morgan fingerprint density at radius 3 is 2.28 bits per heavy atom. The molecule has 29 heavy (non-hydrogen) atoms. The molecule has 1 aliphatic heterocycles. The van der Waals surface area contributed by atoms with Crippen molar-refractivity contribution < 1.29 is 13.2 Å². The number of carbonyl (C=O) groups is 1. The second-order valence-electron chi connectivity index (χ2n) is 7.94. The van der Waals surface area contributed by atoms with Crippen LogP contribution in [0.3, 0.4) is 0 Å². The van der Waals surface area contributed by atoms with Crippen LogP contribution in [0.2, 0.25) is 0 Å². The fraction of sp³-hybridized carbons (Fsp3) is 0.667. The van der Waals surface area contributed by atoms with Crippen molar-refractivity contribution in [2.24, 2.45) is 0 Å². The van der Waals surface area contributed by atoms with Gasteiger partial charge in [0.2, 0.25) is 10.0 Å². The maximum absolute atomic E-state index is 12.6. The molecule has 1 aliphatic rings. The first-order valence-corrected chi connectivity index (χ1v) is 11.9. The van der Waals surface area contributed by atoms with Crippen molar-refractivity contribution >= 4 is 15.9 Å². The highest BCUT2D eigenvalue weighted by atomic mass is 32.2. The van der Waals surface area contributed by atoms with Gasteiger partial charge in [0.25, 0.3) is 5.91 Å². The lowest BCUT2D eigenvalue weighted by molar-refractivity contribution is 0.0951. The van der Waals surface area contributed by atoms with E-state index in [-0.39, 0.29) is 10.8 Å². The number of nitrogens with zero attached hydrogens (tertiary/aromatic N) is 3. The zero-order chi connectivity index (χ0) is 21.6. The van der Waals surface area contributed by atoms with Crippen LogP contribution < -0.4 is 5.32 Å². The van der Waals surface area contributed by atoms with Gasteiger partial charge in [0.15, 0.2) is 0 Å². The monoisotopic (exact) mass is 424 g/mol. The van der Waals surface area contributed by atoms with Gasteiger partial charge in [-0.3, -0.25) is 4.79 Å². The van der Waals surface area contributed by atoms with E-state index in [9.17, 15) is 13.2 Å². The van der Waals surface area contributed by atoms with Crippen LogP contribution in [0, 0.1) is 13.8 Å². The zero-order valence-corrected chi connectivity index (χ0v) is 19.3. The summed E-state index contributed by atoms with van der Waals surface area (Å²) in [5, 5.41) is 2.93. The van der Waals surface area contributed by atoms with E-state index in [1.807, 2.05) is 6.92 Å². The van der Waals surface area contributed by atoms with Crippen LogP contribution >= 0.6 is 0 Å². The SMILES string of the molecule is CCN1CCN(CCCCNC(=O)c2cc(C)c(C)c(S(=O)(=O)N(C)C)c2)CC1. The van der Waals surface area contributed by atoms with E-state index >= 15 is 0 Å². The second kappa shape index (κ2) is 10.5. The summed E-state index contributed by atoms with van der Waals surface area (Å²) in [6, 6.07) is 3.24. The molecular weight excluding hydrogens is 388 g/mol. The molecule has 0 aliphatic carbocycles. The van der Waals surface area contributed by atoms with Gasteiger partial charge in [0.1, 0.15) is 0 Å². The molecule has 0 bridgehead atoms. The van der Waals surface area contributed by atoms with E-state index < -0.39 is 10.0 Å². The van der Waals surface area contributed by atoms with Crippen LogP contribution in [0.4, 0.5) is 0 Å². The minimum absolute atomic E-state index is 0.193. The molecule has 8 heteroatoms. The first kappa shape index (κ1) is 23.8. The van der Waals surface area contributed by atoms with Crippen LogP contribution in [0.15, 0.2) is 17.0 Å². The average molecular weight is 425 g/mol. The number of hydrogen-bond acceptors (Lipinski definition) is 5. The van der Waals surface area contributed by atoms with Crippen LogP contribution in [-0.2, 0) is 10.0 Å². The van der Waals surface area contributed by atoms with Gasteiger partial charge in [0, 0.05) is 52.4 Å². The molecule has 0 radical (unpaired) electrons. The van der Waals surface area contributed by atoms with Crippen molar-refractivity contribution in [3.05, 3.63) is 28.8 Å². The molecule has 0 spiro atoms. The fourth-order valence-electron chi connectivity index (χ4n) is 3.52. The Morgan fingerprint density at radius 2 is 1.69 bits per heavy atom. The Hall–Kier alpha value is -1.48. The number of piperazine rings is 1. The molecule has 164 valence electrons. The lowest BCUT2D eigenvalue weighted by Crippen LogP contribution is -2.46. The van der Waals surface area contributed by atoms with Crippen molar-refractivity contribution in [3.8, 4) is 0 Å². The Balaban J connectivity index is 1.86. The van der Waals surface area contributed by atoms with E-state index in [2.05, 4.69) is 22.0 Å². The fourth-order valence-corrected chi connectivity index (χ4v) is 4.73. The normalized spacial score (nSPS) is 16.3. The number of amides is 1. The summed E-state index contributed by atoms with van der Waals surface area (Å²) < 4.78 is 26.3. The molecule has 0 atom stereocenters. The number of benzene rings is 1. The minimum atomic E-state index is -3.59. The first-order chi connectivity index (χ1) is 13.7. The van der Waals surface area contributed by atoms with Crippen molar-refractivity contribution in [2.45, 2.75) is 38.5 Å². The molecule has 0 saturated carbocycles. The lowest BCUT2D eigenvalue weighted by Gasteiger charge is -2.33. The van der Waals surface area contributed by atoms with Gasteiger partial charge in [-0.15, -0.1) is 0 Å². The van der Waals surface area contributed by atoms with E-state index in [0.29, 0.717) is 17.7 Å². The van der Waals surface area contributed by atoms with Crippen molar-refractivity contribution in [1.29, 1.82) is 0 Å². The molecular formula is C21H36N4O3S. The Bertz CT molecular complexity index is 800. The van der Waals surface area contributed by atoms with E-state index in [1.165, 1.54) is 24.5 Å². The number of aryl methyl sites for hydroxylation is 1. The first-order valence-electron chi connectivity index (χ1n) is 10.4. The van der Waals surface area contributed by atoms with Crippen LogP contribution in [-0.4, -0.2) is 88.3 Å². The second-order valence-corrected chi connectivity index (χ2v) is 10.1. The molecule has 2 rings (SSSR count). The van der Waals surface area contributed by atoms with Crippen molar-refractivity contribution in [2.75, 3.05) is 59.9 Å². The van der Waals surface area contributed by atoms with Gasteiger partial charge in [0.05, 0.1) is 4.90 Å². The van der Waals surface area contributed by atoms with Crippen LogP contribution in [0.25, 0.3) is 0 Å². The van der Waals surface area contributed by atoms with Crippen LogP contribution in [0.1, 0.15) is 41.3 Å². The number of likely N-dealkylation sites (N-methyl/N-ethyl adjacent to an activating group) is 1. The number of rotatable bonds is 9. The number of unbranched alkanes of at least 4 members (excludes halogenated alkanes) is 1. The smallest absolute Gasteiger partial charge is 0.251 e. The predicted molar refractivity (Wildman–Crippen MR) is 117 cm³/mol. The van der Waals surface area contributed by atoms with Gasteiger partial charge >= 0.3 is 0 Å². The number of nitrogens with one attached hydrogen (secondary N) is 1. The standard InChI is InChI=1S/C21H36N4O3S/c1-6-24-11-13-25(14-12-24)10-8-7-9-22-21(26)19-15-17(2)18(3)20(16-19)29(27,28)23(4)5/h15-16H,6-14H2,1-5H3,(H,22,26). The predicted octanol–water partition coefficient (Wildman–Crippen LogP) is 1.70.